The summed E-state index contributed by atoms with van der Waals surface area (Å²) in [5.74, 6) is -1.12. The van der Waals surface area contributed by atoms with E-state index < -0.39 is 24.2 Å². The van der Waals surface area contributed by atoms with E-state index in [1.807, 2.05) is 0 Å². The van der Waals surface area contributed by atoms with Gasteiger partial charge in [0.2, 0.25) is 0 Å². The van der Waals surface area contributed by atoms with Crippen LogP contribution in [0.15, 0.2) is 24.3 Å². The van der Waals surface area contributed by atoms with Gasteiger partial charge in [0, 0.05) is 11.1 Å². The summed E-state index contributed by atoms with van der Waals surface area (Å²) in [5.41, 5.74) is 6.95. The predicted molar refractivity (Wildman–Crippen MR) is 124 cm³/mol. The van der Waals surface area contributed by atoms with Gasteiger partial charge in [0.05, 0.1) is 26.7 Å². The monoisotopic (exact) mass is 517 g/mol. The molecule has 1 aromatic heterocycles. The first-order valence-electron chi connectivity index (χ1n) is 10.7. The average Bonchev–Trinajstić information content (AvgIpc) is 3.37. The first kappa shape index (κ1) is 26.6. The van der Waals surface area contributed by atoms with E-state index in [2.05, 4.69) is 25.9 Å². The highest BCUT2D eigenvalue weighted by Crippen LogP contribution is 2.50. The Morgan fingerprint density at radius 2 is 1.54 bits per heavy atom. The molecule has 0 radical (unpaired) electrons. The minimum absolute atomic E-state index is 0.0555. The molecule has 1 heterocycles. The number of nitrogens with one attached hydrogen (secondary N) is 2. The van der Waals surface area contributed by atoms with Crippen LogP contribution in [0.1, 0.15) is 19.4 Å². The lowest BCUT2D eigenvalue weighted by Gasteiger charge is -2.16. The maximum absolute atomic E-state index is 12.8. The summed E-state index contributed by atoms with van der Waals surface area (Å²) in [7, 11) is 1.13. The summed E-state index contributed by atoms with van der Waals surface area (Å²) in [6, 6.07) is 5.10. The van der Waals surface area contributed by atoms with Crippen LogP contribution in [0.4, 0.5) is 26.0 Å². The van der Waals surface area contributed by atoms with Crippen molar-refractivity contribution in [2.24, 2.45) is 0 Å². The first-order valence-corrected chi connectivity index (χ1v) is 10.7. The molecule has 16 nitrogen and oxygen atoms in total. The number of hydroxylamine groups is 2. The van der Waals surface area contributed by atoms with E-state index in [-0.39, 0.29) is 53.9 Å². The summed E-state index contributed by atoms with van der Waals surface area (Å²) >= 11 is 0. The fourth-order valence-electron chi connectivity index (χ4n) is 3.11. The maximum Gasteiger partial charge on any atom is 0.513 e. The average molecular weight is 517 g/mol. The van der Waals surface area contributed by atoms with E-state index in [1.165, 1.54) is 24.3 Å². The largest absolute Gasteiger partial charge is 0.513 e. The molecule has 16 heteroatoms. The molecule has 0 saturated carbocycles. The molecule has 196 valence electrons. The number of fused-ring (bicyclic) bond motifs is 1. The van der Waals surface area contributed by atoms with Crippen LogP contribution in [0.2, 0.25) is 0 Å². The smallest absolute Gasteiger partial charge is 0.434 e. The zero-order valence-corrected chi connectivity index (χ0v) is 20.0. The van der Waals surface area contributed by atoms with Crippen molar-refractivity contribution in [3.05, 3.63) is 29.8 Å². The summed E-state index contributed by atoms with van der Waals surface area (Å²) in [6.07, 6.45) is -2.33. The second kappa shape index (κ2) is 12.1. The van der Waals surface area contributed by atoms with Crippen LogP contribution in [0.25, 0.3) is 11.1 Å². The number of H-pyrrole nitrogens is 1. The van der Waals surface area contributed by atoms with Gasteiger partial charge in [0.25, 0.3) is 11.9 Å². The number of hydrogen-bond donors (Lipinski definition) is 3. The molecule has 0 aliphatic heterocycles. The third-order valence-electron chi connectivity index (χ3n) is 4.60. The molecule has 4 N–H and O–H groups in total. The number of ether oxygens (including phenoxy) is 4. The van der Waals surface area contributed by atoms with Gasteiger partial charge in [0.15, 0.2) is 11.5 Å². The molecular weight excluding hydrogens is 494 g/mol. The van der Waals surface area contributed by atoms with Crippen LogP contribution in [-0.4, -0.2) is 70.3 Å². The van der Waals surface area contributed by atoms with Gasteiger partial charge in [-0.15, -0.1) is 10.2 Å². The number of urea groups is 1. The van der Waals surface area contributed by atoms with E-state index in [1.54, 1.807) is 13.8 Å². The Hall–Kier alpha value is -4.99. The van der Waals surface area contributed by atoms with Crippen molar-refractivity contribution in [2.45, 2.75) is 20.3 Å². The van der Waals surface area contributed by atoms with Crippen LogP contribution in [0.5, 0.6) is 11.5 Å². The minimum atomic E-state index is -1.02. The number of nitrogen functional groups attached to an aromatic ring is 1. The van der Waals surface area contributed by atoms with Crippen molar-refractivity contribution in [3.8, 4) is 22.6 Å². The molecular formula is C21H23N7O9. The van der Waals surface area contributed by atoms with E-state index in [9.17, 15) is 19.2 Å². The second-order valence-corrected chi connectivity index (χ2v) is 6.92. The number of rotatable bonds is 8. The topological polar surface area (TPSA) is 210 Å². The number of hydrogen-bond acceptors (Lipinski definition) is 13. The lowest BCUT2D eigenvalue weighted by atomic mass is 10.2. The quantitative estimate of drug-likeness (QED) is 0.289. The van der Waals surface area contributed by atoms with Gasteiger partial charge in [-0.3, -0.25) is 14.9 Å². The van der Waals surface area contributed by atoms with Crippen LogP contribution in [0, 0.1) is 0 Å². The van der Waals surface area contributed by atoms with Gasteiger partial charge in [0.1, 0.15) is 5.69 Å². The Morgan fingerprint density at radius 1 is 0.973 bits per heavy atom. The molecule has 2 aliphatic carbocycles. The van der Waals surface area contributed by atoms with Crippen LogP contribution < -0.4 is 20.5 Å². The summed E-state index contributed by atoms with van der Waals surface area (Å²) < 4.78 is 20.1. The van der Waals surface area contributed by atoms with Gasteiger partial charge in [-0.25, -0.2) is 14.4 Å². The van der Waals surface area contributed by atoms with E-state index >= 15 is 0 Å². The number of aromatic nitrogens is 4. The highest BCUT2D eigenvalue weighted by Gasteiger charge is 2.29. The van der Waals surface area contributed by atoms with Crippen LogP contribution in [-0.2, 0) is 25.5 Å². The molecule has 0 bridgehead atoms. The number of imide groups is 1. The number of aromatic amines is 1. The number of amides is 3. The number of nitrogens with two attached hydrogens (primary N) is 1. The lowest BCUT2D eigenvalue weighted by Crippen LogP contribution is -2.40. The first-order chi connectivity index (χ1) is 17.8. The third kappa shape index (κ3) is 6.37. The Bertz CT molecular complexity index is 1190. The van der Waals surface area contributed by atoms with Gasteiger partial charge < -0.3 is 24.7 Å². The van der Waals surface area contributed by atoms with Crippen molar-refractivity contribution < 1.29 is 43.0 Å². The molecule has 2 aliphatic rings. The molecule has 0 atom stereocenters. The highest BCUT2D eigenvalue weighted by molar-refractivity contribution is 6.00. The minimum Gasteiger partial charge on any atom is -0.434 e. The number of anilines is 2. The zero-order valence-electron chi connectivity index (χ0n) is 20.0. The van der Waals surface area contributed by atoms with Gasteiger partial charge in [-0.2, -0.15) is 5.21 Å². The molecule has 0 saturated heterocycles. The predicted octanol–water partition coefficient (Wildman–Crippen LogP) is 2.12. The third-order valence-corrected chi connectivity index (χ3v) is 4.60. The molecule has 0 spiro atoms. The van der Waals surface area contributed by atoms with E-state index in [0.29, 0.717) is 10.6 Å². The fraction of sp³-hybridized carbons (Fsp3) is 0.286. The van der Waals surface area contributed by atoms with Crippen molar-refractivity contribution in [1.29, 1.82) is 0 Å². The maximum atomic E-state index is 12.8. The lowest BCUT2D eigenvalue weighted by molar-refractivity contribution is -0.158. The molecule has 3 rings (SSSR count). The van der Waals surface area contributed by atoms with Crippen molar-refractivity contribution in [2.75, 3.05) is 31.4 Å². The van der Waals surface area contributed by atoms with Gasteiger partial charge >= 0.3 is 18.3 Å². The molecule has 1 aromatic rings. The Morgan fingerprint density at radius 3 is 2.00 bits per heavy atom. The van der Waals surface area contributed by atoms with Crippen LogP contribution in [0.3, 0.4) is 0 Å². The molecule has 0 aromatic carbocycles. The summed E-state index contributed by atoms with van der Waals surface area (Å²) in [6.45, 7) is 3.30. The SMILES string of the molecule is CCOC(=O)Oc1c2ccc(CC(=O)N(OC)C(=O)Nc3nn[nH]n3)ccc-2c(OC(=O)OCC)c1N. The Labute approximate surface area is 209 Å². The number of nitrogens with zero attached hydrogens (tertiary/aromatic N) is 4. The van der Waals surface area contributed by atoms with E-state index in [4.69, 9.17) is 29.5 Å². The normalized spacial score (nSPS) is 10.5. The fourth-order valence-corrected chi connectivity index (χ4v) is 3.11. The van der Waals surface area contributed by atoms with Gasteiger partial charge in [-0.1, -0.05) is 29.4 Å². The zero-order chi connectivity index (χ0) is 26.9. The summed E-state index contributed by atoms with van der Waals surface area (Å²) in [4.78, 5) is 53.9. The molecule has 3 amide bonds. The number of carbonyl (C=O) groups is 4. The van der Waals surface area contributed by atoms with Crippen molar-refractivity contribution >= 4 is 35.9 Å². The standard InChI is InChI=1S/C21H23N7O9/c1-4-34-20(31)36-16-12-8-6-11(7-9-13(12)17(15(16)22)37-21(32)35-5-2)10-14(29)28(33-3)19(30)23-18-24-26-27-25-18/h6-9H,4-5,10,22H2,1-3H3,(H2,23,24,25,26,27,30). The molecule has 0 fully saturated rings. The highest BCUT2D eigenvalue weighted by atomic mass is 16.7. The molecule has 0 unspecified atom stereocenters. The van der Waals surface area contributed by atoms with Gasteiger partial charge in [-0.05, 0) is 24.6 Å². The van der Waals surface area contributed by atoms with Crippen molar-refractivity contribution in [1.82, 2.24) is 25.7 Å². The van der Waals surface area contributed by atoms with Crippen molar-refractivity contribution in [3.63, 3.8) is 0 Å². The Kier molecular flexibility index (Phi) is 8.71. The second-order valence-electron chi connectivity index (χ2n) is 6.92. The van der Waals surface area contributed by atoms with E-state index in [0.717, 1.165) is 7.11 Å². The number of carbonyl (C=O) groups excluding carboxylic acids is 4. The van der Waals surface area contributed by atoms with Crippen LogP contribution >= 0.6 is 0 Å². The number of tetrazole rings is 1. The molecule has 37 heavy (non-hydrogen) atoms. The summed E-state index contributed by atoms with van der Waals surface area (Å²) in [5, 5.41) is 15.3. The Balaban J connectivity index is 1.91.